The van der Waals surface area contributed by atoms with Gasteiger partial charge in [0.2, 0.25) is 5.91 Å². The third-order valence-corrected chi connectivity index (χ3v) is 2.39. The zero-order chi connectivity index (χ0) is 13.0. The number of carboxylic acids is 1. The SMILES string of the molecule is CC(CN(C)c1cc(C(N)=O)ccn1)C(=O)O. The van der Waals surface area contributed by atoms with Crippen molar-refractivity contribution < 1.29 is 14.7 Å². The van der Waals surface area contributed by atoms with Crippen LogP contribution in [0.2, 0.25) is 0 Å². The number of nitrogens with zero attached hydrogens (tertiary/aromatic N) is 2. The minimum Gasteiger partial charge on any atom is -0.481 e. The highest BCUT2D eigenvalue weighted by Crippen LogP contribution is 2.12. The maximum absolute atomic E-state index is 11.0. The lowest BCUT2D eigenvalue weighted by Crippen LogP contribution is -2.29. The lowest BCUT2D eigenvalue weighted by molar-refractivity contribution is -0.140. The number of amides is 1. The van der Waals surface area contributed by atoms with Crippen LogP contribution in [-0.4, -0.2) is 35.6 Å². The van der Waals surface area contributed by atoms with Crippen LogP contribution in [0.4, 0.5) is 5.82 Å². The zero-order valence-corrected chi connectivity index (χ0v) is 9.75. The smallest absolute Gasteiger partial charge is 0.308 e. The molecule has 6 nitrogen and oxygen atoms in total. The highest BCUT2D eigenvalue weighted by Gasteiger charge is 2.15. The van der Waals surface area contributed by atoms with E-state index in [1.54, 1.807) is 18.9 Å². The Morgan fingerprint density at radius 3 is 2.76 bits per heavy atom. The first-order chi connectivity index (χ1) is 7.91. The summed E-state index contributed by atoms with van der Waals surface area (Å²) in [6.45, 7) is 1.92. The van der Waals surface area contributed by atoms with Crippen LogP contribution in [0, 0.1) is 5.92 Å². The summed E-state index contributed by atoms with van der Waals surface area (Å²) in [4.78, 5) is 27.4. The number of carbonyl (C=O) groups is 2. The molecule has 0 radical (unpaired) electrons. The standard InChI is InChI=1S/C11H15N3O3/c1-7(11(16)17)6-14(2)9-5-8(10(12)15)3-4-13-9/h3-5,7H,6H2,1-2H3,(H2,12,15)(H,16,17). The minimum atomic E-state index is -0.872. The van der Waals surface area contributed by atoms with E-state index in [4.69, 9.17) is 10.8 Å². The largest absolute Gasteiger partial charge is 0.481 e. The summed E-state index contributed by atoms with van der Waals surface area (Å²) in [5, 5.41) is 8.80. The Morgan fingerprint density at radius 2 is 2.24 bits per heavy atom. The Balaban J connectivity index is 2.82. The first-order valence-corrected chi connectivity index (χ1v) is 5.11. The number of rotatable bonds is 5. The van der Waals surface area contributed by atoms with Crippen LogP contribution in [0.1, 0.15) is 17.3 Å². The second-order valence-corrected chi connectivity index (χ2v) is 3.89. The summed E-state index contributed by atoms with van der Waals surface area (Å²) < 4.78 is 0. The van der Waals surface area contributed by atoms with Crippen molar-refractivity contribution in [1.82, 2.24) is 4.98 Å². The van der Waals surface area contributed by atoms with Gasteiger partial charge in [-0.25, -0.2) is 4.98 Å². The predicted octanol–water partition coefficient (Wildman–Crippen LogP) is 0.337. The molecule has 0 aliphatic heterocycles. The molecule has 1 aromatic heterocycles. The molecule has 1 rings (SSSR count). The van der Waals surface area contributed by atoms with E-state index < -0.39 is 17.8 Å². The highest BCUT2D eigenvalue weighted by atomic mass is 16.4. The number of carboxylic acid groups (broad SMARTS) is 1. The lowest BCUT2D eigenvalue weighted by Gasteiger charge is -2.20. The van der Waals surface area contributed by atoms with E-state index in [1.807, 2.05) is 0 Å². The van der Waals surface area contributed by atoms with Gasteiger partial charge in [0, 0.05) is 25.4 Å². The van der Waals surface area contributed by atoms with E-state index in [-0.39, 0.29) is 0 Å². The number of pyridine rings is 1. The molecule has 0 aliphatic carbocycles. The summed E-state index contributed by atoms with van der Waals surface area (Å²) in [6.07, 6.45) is 1.47. The quantitative estimate of drug-likeness (QED) is 0.769. The molecule has 0 aromatic carbocycles. The van der Waals surface area contributed by atoms with Gasteiger partial charge >= 0.3 is 5.97 Å². The number of nitrogens with two attached hydrogens (primary N) is 1. The van der Waals surface area contributed by atoms with Gasteiger partial charge in [-0.15, -0.1) is 0 Å². The van der Waals surface area contributed by atoms with Crippen molar-refractivity contribution in [2.75, 3.05) is 18.5 Å². The predicted molar refractivity (Wildman–Crippen MR) is 62.8 cm³/mol. The molecule has 1 amide bonds. The number of hydrogen-bond acceptors (Lipinski definition) is 4. The molecule has 0 saturated heterocycles. The van der Waals surface area contributed by atoms with Crippen molar-refractivity contribution in [3.05, 3.63) is 23.9 Å². The van der Waals surface area contributed by atoms with Gasteiger partial charge < -0.3 is 15.7 Å². The molecule has 0 bridgehead atoms. The van der Waals surface area contributed by atoms with Crippen molar-refractivity contribution in [2.24, 2.45) is 11.7 Å². The first kappa shape index (κ1) is 13.0. The van der Waals surface area contributed by atoms with E-state index in [0.29, 0.717) is 17.9 Å². The summed E-state index contributed by atoms with van der Waals surface area (Å²) in [6, 6.07) is 3.05. The van der Waals surface area contributed by atoms with Gasteiger partial charge in [0.25, 0.3) is 0 Å². The first-order valence-electron chi connectivity index (χ1n) is 5.11. The molecule has 17 heavy (non-hydrogen) atoms. The fraction of sp³-hybridized carbons (Fsp3) is 0.364. The van der Waals surface area contributed by atoms with Crippen LogP contribution in [0.15, 0.2) is 18.3 Å². The number of hydrogen-bond donors (Lipinski definition) is 2. The molecule has 0 aliphatic rings. The Hall–Kier alpha value is -2.11. The van der Waals surface area contributed by atoms with Gasteiger partial charge in [-0.1, -0.05) is 6.92 Å². The van der Waals surface area contributed by atoms with E-state index in [9.17, 15) is 9.59 Å². The summed E-state index contributed by atoms with van der Waals surface area (Å²) >= 11 is 0. The van der Waals surface area contributed by atoms with Crippen molar-refractivity contribution >= 4 is 17.7 Å². The minimum absolute atomic E-state index is 0.310. The van der Waals surface area contributed by atoms with Crippen molar-refractivity contribution in [3.8, 4) is 0 Å². The van der Waals surface area contributed by atoms with Gasteiger partial charge in [0.05, 0.1) is 5.92 Å². The highest BCUT2D eigenvalue weighted by molar-refractivity contribution is 5.93. The van der Waals surface area contributed by atoms with Crippen molar-refractivity contribution in [1.29, 1.82) is 0 Å². The number of anilines is 1. The Labute approximate surface area is 99.1 Å². The van der Waals surface area contributed by atoms with Crippen molar-refractivity contribution in [3.63, 3.8) is 0 Å². The van der Waals surface area contributed by atoms with Gasteiger partial charge in [0.15, 0.2) is 0 Å². The van der Waals surface area contributed by atoms with E-state index in [2.05, 4.69) is 4.98 Å². The maximum Gasteiger partial charge on any atom is 0.308 e. The fourth-order valence-corrected chi connectivity index (χ4v) is 1.36. The fourth-order valence-electron chi connectivity index (χ4n) is 1.36. The zero-order valence-electron chi connectivity index (χ0n) is 9.75. The van der Waals surface area contributed by atoms with Gasteiger partial charge in [0.1, 0.15) is 5.82 Å². The average molecular weight is 237 g/mol. The van der Waals surface area contributed by atoms with Gasteiger partial charge in [-0.3, -0.25) is 9.59 Å². The molecule has 1 atom stereocenters. The Bertz CT molecular complexity index is 434. The third-order valence-electron chi connectivity index (χ3n) is 2.39. The van der Waals surface area contributed by atoms with E-state index in [1.165, 1.54) is 18.3 Å². The molecule has 92 valence electrons. The van der Waals surface area contributed by atoms with Crippen LogP contribution in [0.5, 0.6) is 0 Å². The number of primary amides is 1. The van der Waals surface area contributed by atoms with Gasteiger partial charge in [-0.05, 0) is 12.1 Å². The Kier molecular flexibility index (Phi) is 4.03. The van der Waals surface area contributed by atoms with Crippen LogP contribution < -0.4 is 10.6 Å². The van der Waals surface area contributed by atoms with E-state index >= 15 is 0 Å². The average Bonchev–Trinajstić information content (AvgIpc) is 2.28. The molecule has 0 fully saturated rings. The van der Waals surface area contributed by atoms with Crippen molar-refractivity contribution in [2.45, 2.75) is 6.92 Å². The molecule has 6 heteroatoms. The number of aliphatic carboxylic acids is 1. The summed E-state index contributed by atoms with van der Waals surface area (Å²) in [7, 11) is 1.71. The summed E-state index contributed by atoms with van der Waals surface area (Å²) in [5.74, 6) is -1.40. The molecular formula is C11H15N3O3. The third kappa shape index (κ3) is 3.44. The normalized spacial score (nSPS) is 11.9. The molecular weight excluding hydrogens is 222 g/mol. The van der Waals surface area contributed by atoms with Crippen LogP contribution >= 0.6 is 0 Å². The molecule has 3 N–H and O–H groups in total. The molecule has 1 heterocycles. The second kappa shape index (κ2) is 5.29. The topological polar surface area (TPSA) is 96.5 Å². The van der Waals surface area contributed by atoms with Crippen LogP contribution in [0.25, 0.3) is 0 Å². The van der Waals surface area contributed by atoms with Gasteiger partial charge in [-0.2, -0.15) is 0 Å². The number of aromatic nitrogens is 1. The maximum atomic E-state index is 11.0. The molecule has 0 spiro atoms. The molecule has 1 unspecified atom stereocenters. The molecule has 0 saturated carbocycles. The Morgan fingerprint density at radius 1 is 1.59 bits per heavy atom. The molecule has 1 aromatic rings. The van der Waals surface area contributed by atoms with E-state index in [0.717, 1.165) is 0 Å². The second-order valence-electron chi connectivity index (χ2n) is 3.89. The lowest BCUT2D eigenvalue weighted by atomic mass is 10.1. The number of carbonyl (C=O) groups excluding carboxylic acids is 1. The van der Waals surface area contributed by atoms with Crippen LogP contribution in [-0.2, 0) is 4.79 Å². The summed E-state index contributed by atoms with van der Waals surface area (Å²) in [5.41, 5.74) is 5.50. The van der Waals surface area contributed by atoms with Crippen LogP contribution in [0.3, 0.4) is 0 Å². The monoisotopic (exact) mass is 237 g/mol.